The van der Waals surface area contributed by atoms with Gasteiger partial charge in [0.05, 0.1) is 10.0 Å². The Kier molecular flexibility index (Phi) is 4.54. The molecule has 0 aliphatic heterocycles. The van der Waals surface area contributed by atoms with Crippen LogP contribution in [0.2, 0.25) is 10.0 Å². The smallest absolute Gasteiger partial charge is 0.0595 e. The van der Waals surface area contributed by atoms with Gasteiger partial charge in [0, 0.05) is 15.8 Å². The largest absolute Gasteiger partial charge is 0.380 e. The average Bonchev–Trinajstić information content (AvgIpc) is 2.32. The molecule has 0 saturated heterocycles. The molecule has 1 nitrogen and oxygen atoms in total. The van der Waals surface area contributed by atoms with Crippen molar-refractivity contribution in [3.05, 3.63) is 61.6 Å². The minimum atomic E-state index is 0.588. The van der Waals surface area contributed by atoms with Crippen LogP contribution in [0.15, 0.2) is 42.5 Å². The van der Waals surface area contributed by atoms with Gasteiger partial charge in [-0.2, -0.15) is 0 Å². The molecule has 0 aromatic heterocycles. The van der Waals surface area contributed by atoms with Crippen LogP contribution in [0.25, 0.3) is 0 Å². The number of nitrogens with one attached hydrogen (secondary N) is 1. The fourth-order valence-electron chi connectivity index (χ4n) is 1.45. The molecule has 17 heavy (non-hydrogen) atoms. The minimum Gasteiger partial charge on any atom is -0.380 e. The molecule has 1 N–H and O–H groups in total. The summed E-state index contributed by atoms with van der Waals surface area (Å²) < 4.78 is 1.20. The molecule has 0 fully saturated rings. The van der Waals surface area contributed by atoms with Crippen molar-refractivity contribution < 1.29 is 0 Å². The highest BCUT2D eigenvalue weighted by atomic mass is 127. The molecule has 0 atom stereocenters. The van der Waals surface area contributed by atoms with Crippen LogP contribution in [0.3, 0.4) is 0 Å². The van der Waals surface area contributed by atoms with E-state index in [1.54, 1.807) is 0 Å². The van der Waals surface area contributed by atoms with Gasteiger partial charge in [0.2, 0.25) is 0 Å². The van der Waals surface area contributed by atoms with Gasteiger partial charge in [0.15, 0.2) is 0 Å². The number of halogens is 3. The van der Waals surface area contributed by atoms with Crippen molar-refractivity contribution in [1.29, 1.82) is 0 Å². The molecule has 0 bridgehead atoms. The zero-order valence-electron chi connectivity index (χ0n) is 8.88. The van der Waals surface area contributed by atoms with E-state index < -0.39 is 0 Å². The second-order valence-corrected chi connectivity index (χ2v) is 5.56. The first kappa shape index (κ1) is 13.0. The molecule has 0 heterocycles. The quantitative estimate of drug-likeness (QED) is 0.724. The van der Waals surface area contributed by atoms with Gasteiger partial charge < -0.3 is 5.32 Å². The van der Waals surface area contributed by atoms with E-state index in [-0.39, 0.29) is 0 Å². The van der Waals surface area contributed by atoms with Gasteiger partial charge in [0.25, 0.3) is 0 Å². The number of hydrogen-bond donors (Lipinski definition) is 1. The van der Waals surface area contributed by atoms with Crippen molar-refractivity contribution >= 4 is 51.5 Å². The van der Waals surface area contributed by atoms with Gasteiger partial charge in [-0.3, -0.25) is 0 Å². The zero-order valence-corrected chi connectivity index (χ0v) is 12.6. The highest BCUT2D eigenvalue weighted by molar-refractivity contribution is 14.1. The Morgan fingerprint density at radius 2 is 1.76 bits per heavy atom. The lowest BCUT2D eigenvalue weighted by Gasteiger charge is -2.09. The highest BCUT2D eigenvalue weighted by Gasteiger charge is 2.01. The van der Waals surface area contributed by atoms with Crippen molar-refractivity contribution in [2.45, 2.75) is 6.54 Å². The summed E-state index contributed by atoms with van der Waals surface area (Å²) in [5.41, 5.74) is 2.23. The summed E-state index contributed by atoms with van der Waals surface area (Å²) >= 11 is 14.1. The van der Waals surface area contributed by atoms with Crippen molar-refractivity contribution in [3.8, 4) is 0 Å². The Morgan fingerprint density at radius 3 is 2.47 bits per heavy atom. The SMILES string of the molecule is Clc1ccc(CNc2ccccc2I)cc1Cl. The molecule has 0 aliphatic carbocycles. The minimum absolute atomic E-state index is 0.588. The van der Waals surface area contributed by atoms with Gasteiger partial charge in [-0.25, -0.2) is 0 Å². The fraction of sp³-hybridized carbons (Fsp3) is 0.0769. The lowest BCUT2D eigenvalue weighted by molar-refractivity contribution is 1.15. The van der Waals surface area contributed by atoms with Crippen LogP contribution in [0.4, 0.5) is 5.69 Å². The highest BCUT2D eigenvalue weighted by Crippen LogP contribution is 2.23. The molecule has 0 spiro atoms. The van der Waals surface area contributed by atoms with Crippen molar-refractivity contribution in [2.24, 2.45) is 0 Å². The van der Waals surface area contributed by atoms with Crippen LogP contribution < -0.4 is 5.32 Å². The van der Waals surface area contributed by atoms with Crippen LogP contribution in [0.1, 0.15) is 5.56 Å². The Morgan fingerprint density at radius 1 is 1.00 bits per heavy atom. The molecule has 0 aliphatic rings. The molecule has 0 unspecified atom stereocenters. The van der Waals surface area contributed by atoms with Gasteiger partial charge in [-0.05, 0) is 52.4 Å². The Bertz CT molecular complexity index is 529. The molecular formula is C13H10Cl2IN. The van der Waals surface area contributed by atoms with Gasteiger partial charge in [0.1, 0.15) is 0 Å². The van der Waals surface area contributed by atoms with Gasteiger partial charge >= 0.3 is 0 Å². The summed E-state index contributed by atoms with van der Waals surface area (Å²) in [5.74, 6) is 0. The number of para-hydroxylation sites is 1. The predicted octanol–water partition coefficient (Wildman–Crippen LogP) is 5.21. The lowest BCUT2D eigenvalue weighted by atomic mass is 10.2. The summed E-state index contributed by atoms with van der Waals surface area (Å²) in [6.07, 6.45) is 0. The van der Waals surface area contributed by atoms with Gasteiger partial charge in [-0.15, -0.1) is 0 Å². The van der Waals surface area contributed by atoms with E-state index in [9.17, 15) is 0 Å². The number of rotatable bonds is 3. The molecule has 4 heteroatoms. The Labute approximate surface area is 124 Å². The molecule has 0 saturated carbocycles. The van der Waals surface area contributed by atoms with Crippen molar-refractivity contribution in [3.63, 3.8) is 0 Å². The van der Waals surface area contributed by atoms with Crippen molar-refractivity contribution in [2.75, 3.05) is 5.32 Å². The predicted molar refractivity (Wildman–Crippen MR) is 82.9 cm³/mol. The van der Waals surface area contributed by atoms with Crippen LogP contribution in [-0.2, 0) is 6.54 Å². The third-order valence-electron chi connectivity index (χ3n) is 2.34. The van der Waals surface area contributed by atoms with Crippen LogP contribution in [-0.4, -0.2) is 0 Å². The van der Waals surface area contributed by atoms with E-state index in [1.807, 2.05) is 30.3 Å². The normalized spacial score (nSPS) is 10.3. The second-order valence-electron chi connectivity index (χ2n) is 3.58. The first-order chi connectivity index (χ1) is 8.16. The molecule has 2 aromatic rings. The summed E-state index contributed by atoms with van der Waals surface area (Å²) in [4.78, 5) is 0. The average molecular weight is 378 g/mol. The molecule has 2 aromatic carbocycles. The first-order valence-corrected chi connectivity index (χ1v) is 6.92. The van der Waals surface area contributed by atoms with Crippen LogP contribution in [0, 0.1) is 3.57 Å². The maximum atomic E-state index is 5.97. The zero-order chi connectivity index (χ0) is 12.3. The summed E-state index contributed by atoms with van der Waals surface area (Å²) in [6.45, 7) is 0.733. The number of hydrogen-bond acceptors (Lipinski definition) is 1. The van der Waals surface area contributed by atoms with Crippen LogP contribution >= 0.6 is 45.8 Å². The van der Waals surface area contributed by atoms with E-state index in [0.717, 1.165) is 17.8 Å². The number of anilines is 1. The Hall–Kier alpha value is -0.450. The Balaban J connectivity index is 2.08. The monoisotopic (exact) mass is 377 g/mol. The topological polar surface area (TPSA) is 12.0 Å². The molecule has 0 radical (unpaired) electrons. The van der Waals surface area contributed by atoms with E-state index in [2.05, 4.69) is 40.0 Å². The standard InChI is InChI=1S/C13H10Cl2IN/c14-10-6-5-9(7-11(10)15)8-17-13-4-2-1-3-12(13)16/h1-7,17H,8H2. The van der Waals surface area contributed by atoms with E-state index in [1.165, 1.54) is 3.57 Å². The molecule has 88 valence electrons. The van der Waals surface area contributed by atoms with E-state index in [0.29, 0.717) is 10.0 Å². The van der Waals surface area contributed by atoms with E-state index >= 15 is 0 Å². The molecule has 2 rings (SSSR count). The van der Waals surface area contributed by atoms with Crippen LogP contribution in [0.5, 0.6) is 0 Å². The van der Waals surface area contributed by atoms with Crippen molar-refractivity contribution in [1.82, 2.24) is 0 Å². The molecular weight excluding hydrogens is 368 g/mol. The molecule has 0 amide bonds. The maximum absolute atomic E-state index is 5.97. The van der Waals surface area contributed by atoms with Gasteiger partial charge in [-0.1, -0.05) is 41.4 Å². The summed E-state index contributed by atoms with van der Waals surface area (Å²) in [5, 5.41) is 4.55. The third-order valence-corrected chi connectivity index (χ3v) is 4.02. The number of benzene rings is 2. The lowest BCUT2D eigenvalue weighted by Crippen LogP contribution is -2.00. The second kappa shape index (κ2) is 5.94. The maximum Gasteiger partial charge on any atom is 0.0595 e. The van der Waals surface area contributed by atoms with E-state index in [4.69, 9.17) is 23.2 Å². The fourth-order valence-corrected chi connectivity index (χ4v) is 2.35. The summed E-state index contributed by atoms with van der Waals surface area (Å²) in [7, 11) is 0. The summed E-state index contributed by atoms with van der Waals surface area (Å²) in [6, 6.07) is 13.8. The third kappa shape index (κ3) is 3.50. The first-order valence-electron chi connectivity index (χ1n) is 5.09.